The van der Waals surface area contributed by atoms with Crippen molar-refractivity contribution >= 4 is 11.8 Å². The van der Waals surface area contributed by atoms with Gasteiger partial charge in [0, 0.05) is 13.1 Å². The van der Waals surface area contributed by atoms with Gasteiger partial charge in [0.25, 0.3) is 0 Å². The third kappa shape index (κ3) is 5.98. The summed E-state index contributed by atoms with van der Waals surface area (Å²) in [6, 6.07) is 5.31. The van der Waals surface area contributed by atoms with Crippen LogP contribution in [0.3, 0.4) is 0 Å². The van der Waals surface area contributed by atoms with Crippen molar-refractivity contribution in [3.63, 3.8) is 0 Å². The summed E-state index contributed by atoms with van der Waals surface area (Å²) in [7, 11) is 0. The molecule has 0 fully saturated rings. The summed E-state index contributed by atoms with van der Waals surface area (Å²) in [6.07, 6.45) is 0.807. The molecule has 3 N–H and O–H groups in total. The predicted octanol–water partition coefficient (Wildman–Crippen LogP) is 1.66. The molecule has 2 amide bonds. The van der Waals surface area contributed by atoms with Crippen molar-refractivity contribution in [2.45, 2.75) is 39.8 Å². The van der Waals surface area contributed by atoms with Gasteiger partial charge in [0.05, 0.1) is 12.6 Å². The second-order valence-electron chi connectivity index (χ2n) is 5.67. The van der Waals surface area contributed by atoms with Gasteiger partial charge in [0.15, 0.2) is 0 Å². The minimum absolute atomic E-state index is 0.0271. The van der Waals surface area contributed by atoms with Crippen LogP contribution in [0.25, 0.3) is 0 Å². The molecule has 128 valence electrons. The van der Waals surface area contributed by atoms with Gasteiger partial charge in [-0.1, -0.05) is 32.4 Å². The first-order valence-electron chi connectivity index (χ1n) is 7.94. The normalized spacial score (nSPS) is 13.3. The lowest BCUT2D eigenvalue weighted by molar-refractivity contribution is -0.137. The largest absolute Gasteiger partial charge is 0.350 e. The summed E-state index contributed by atoms with van der Waals surface area (Å²) in [5, 5.41) is 2.72. The second-order valence-corrected chi connectivity index (χ2v) is 5.67. The average molecular weight is 323 g/mol. The number of rotatable bonds is 8. The van der Waals surface area contributed by atoms with Gasteiger partial charge >= 0.3 is 0 Å². The molecule has 0 aromatic heterocycles. The zero-order valence-corrected chi connectivity index (χ0v) is 14.0. The van der Waals surface area contributed by atoms with Gasteiger partial charge in [-0.25, -0.2) is 4.39 Å². The number of benzene rings is 1. The average Bonchev–Trinajstić information content (AvgIpc) is 2.57. The number of carbonyl (C=O) groups excluding carboxylic acids is 2. The van der Waals surface area contributed by atoms with E-state index in [9.17, 15) is 14.0 Å². The molecule has 0 spiro atoms. The first-order valence-corrected chi connectivity index (χ1v) is 7.94. The smallest absolute Gasteiger partial charge is 0.240 e. The summed E-state index contributed by atoms with van der Waals surface area (Å²) in [6.45, 7) is 6.40. The number of amides is 2. The highest BCUT2D eigenvalue weighted by Crippen LogP contribution is 2.08. The highest BCUT2D eigenvalue weighted by atomic mass is 19.1. The summed E-state index contributed by atoms with van der Waals surface area (Å²) in [5.41, 5.74) is 6.74. The molecule has 2 unspecified atom stereocenters. The number of hydrogen-bond donors (Lipinski definition) is 2. The van der Waals surface area contributed by atoms with Crippen molar-refractivity contribution in [1.29, 1.82) is 0 Å². The number of hydrogen-bond acceptors (Lipinski definition) is 3. The van der Waals surface area contributed by atoms with E-state index in [0.29, 0.717) is 13.1 Å². The lowest BCUT2D eigenvalue weighted by atomic mass is 9.99. The standard InChI is InChI=1S/C17H26FN3O2/c1-4-12(3)16(19)17(23)21(5-2)11-15(22)20-10-13-6-8-14(18)9-7-13/h6-9,12,16H,4-5,10-11,19H2,1-3H3,(H,20,22). The summed E-state index contributed by atoms with van der Waals surface area (Å²) < 4.78 is 12.8. The minimum Gasteiger partial charge on any atom is -0.350 e. The number of likely N-dealkylation sites (N-methyl/N-ethyl adjacent to an activating group) is 1. The molecule has 1 rings (SSSR count). The molecule has 0 saturated carbocycles. The van der Waals surface area contributed by atoms with Crippen LogP contribution in [0.2, 0.25) is 0 Å². The number of nitrogens with one attached hydrogen (secondary N) is 1. The molecule has 1 aromatic rings. The lowest BCUT2D eigenvalue weighted by Crippen LogP contribution is -2.50. The van der Waals surface area contributed by atoms with E-state index in [4.69, 9.17) is 5.73 Å². The summed E-state index contributed by atoms with van der Waals surface area (Å²) in [5.74, 6) is -0.722. The van der Waals surface area contributed by atoms with E-state index in [0.717, 1.165) is 12.0 Å². The topological polar surface area (TPSA) is 75.4 Å². The van der Waals surface area contributed by atoms with Gasteiger partial charge in [0.2, 0.25) is 11.8 Å². The second kappa shape index (κ2) is 9.25. The Morgan fingerprint density at radius 2 is 1.87 bits per heavy atom. The molecule has 0 saturated heterocycles. The molecule has 5 nitrogen and oxygen atoms in total. The Morgan fingerprint density at radius 3 is 2.39 bits per heavy atom. The molecule has 0 aliphatic heterocycles. The maximum Gasteiger partial charge on any atom is 0.240 e. The molecule has 1 aromatic carbocycles. The molecule has 6 heteroatoms. The van der Waals surface area contributed by atoms with Crippen LogP contribution < -0.4 is 11.1 Å². The molecule has 0 heterocycles. The fraction of sp³-hybridized carbons (Fsp3) is 0.529. The van der Waals surface area contributed by atoms with E-state index in [1.54, 1.807) is 12.1 Å². The van der Waals surface area contributed by atoms with Crippen LogP contribution in [-0.4, -0.2) is 35.8 Å². The Hall–Kier alpha value is -1.95. The van der Waals surface area contributed by atoms with Gasteiger partial charge in [-0.2, -0.15) is 0 Å². The number of halogens is 1. The van der Waals surface area contributed by atoms with Crippen LogP contribution in [0.1, 0.15) is 32.8 Å². The van der Waals surface area contributed by atoms with Crippen molar-refractivity contribution in [3.8, 4) is 0 Å². The minimum atomic E-state index is -0.593. The van der Waals surface area contributed by atoms with Crippen molar-refractivity contribution in [2.24, 2.45) is 11.7 Å². The molecule has 0 aliphatic rings. The van der Waals surface area contributed by atoms with Crippen LogP contribution in [-0.2, 0) is 16.1 Å². The Labute approximate surface area is 137 Å². The van der Waals surface area contributed by atoms with E-state index in [1.165, 1.54) is 17.0 Å². The molecule has 2 atom stereocenters. The first kappa shape index (κ1) is 19.1. The number of carbonyl (C=O) groups is 2. The highest BCUT2D eigenvalue weighted by Gasteiger charge is 2.25. The van der Waals surface area contributed by atoms with Gasteiger partial charge in [-0.05, 0) is 30.5 Å². The zero-order chi connectivity index (χ0) is 17.4. The Balaban J connectivity index is 2.52. The summed E-state index contributed by atoms with van der Waals surface area (Å²) in [4.78, 5) is 25.8. The van der Waals surface area contributed by atoms with Crippen molar-refractivity contribution in [1.82, 2.24) is 10.2 Å². The van der Waals surface area contributed by atoms with Crippen LogP contribution in [0, 0.1) is 11.7 Å². The maximum absolute atomic E-state index is 12.8. The van der Waals surface area contributed by atoms with E-state index in [2.05, 4.69) is 5.32 Å². The van der Waals surface area contributed by atoms with E-state index in [-0.39, 0.29) is 30.1 Å². The van der Waals surface area contributed by atoms with Gasteiger partial charge in [0.1, 0.15) is 5.82 Å². The van der Waals surface area contributed by atoms with Crippen LogP contribution in [0.15, 0.2) is 24.3 Å². The monoisotopic (exact) mass is 323 g/mol. The molecule has 23 heavy (non-hydrogen) atoms. The van der Waals surface area contributed by atoms with E-state index < -0.39 is 6.04 Å². The molecular weight excluding hydrogens is 297 g/mol. The fourth-order valence-electron chi connectivity index (χ4n) is 2.09. The van der Waals surface area contributed by atoms with Gasteiger partial charge in [-0.15, -0.1) is 0 Å². The highest BCUT2D eigenvalue weighted by molar-refractivity contribution is 5.87. The van der Waals surface area contributed by atoms with E-state index >= 15 is 0 Å². The van der Waals surface area contributed by atoms with E-state index in [1.807, 2.05) is 20.8 Å². The Bertz CT molecular complexity index is 519. The summed E-state index contributed by atoms with van der Waals surface area (Å²) >= 11 is 0. The lowest BCUT2D eigenvalue weighted by Gasteiger charge is -2.26. The predicted molar refractivity (Wildman–Crippen MR) is 87.9 cm³/mol. The van der Waals surface area contributed by atoms with Crippen LogP contribution in [0.4, 0.5) is 4.39 Å². The van der Waals surface area contributed by atoms with Crippen molar-refractivity contribution in [3.05, 3.63) is 35.6 Å². The fourth-order valence-corrected chi connectivity index (χ4v) is 2.09. The van der Waals surface area contributed by atoms with Gasteiger partial charge in [-0.3, -0.25) is 9.59 Å². The molecule has 0 radical (unpaired) electrons. The molecule has 0 aliphatic carbocycles. The SMILES string of the molecule is CCC(C)C(N)C(=O)N(CC)CC(=O)NCc1ccc(F)cc1. The number of nitrogens with zero attached hydrogens (tertiary/aromatic N) is 1. The Kier molecular flexibility index (Phi) is 7.68. The van der Waals surface area contributed by atoms with Crippen molar-refractivity contribution < 1.29 is 14.0 Å². The molecule has 0 bridgehead atoms. The Morgan fingerprint density at radius 1 is 1.26 bits per heavy atom. The zero-order valence-electron chi connectivity index (χ0n) is 14.0. The van der Waals surface area contributed by atoms with Crippen molar-refractivity contribution in [2.75, 3.05) is 13.1 Å². The van der Waals surface area contributed by atoms with Crippen LogP contribution in [0.5, 0.6) is 0 Å². The van der Waals surface area contributed by atoms with Gasteiger partial charge < -0.3 is 16.0 Å². The maximum atomic E-state index is 12.8. The number of nitrogens with two attached hydrogens (primary N) is 1. The van der Waals surface area contributed by atoms with Crippen LogP contribution >= 0.6 is 0 Å². The third-order valence-corrected chi connectivity index (χ3v) is 3.97. The quantitative estimate of drug-likeness (QED) is 0.764. The molecular formula is C17H26FN3O2. The first-order chi connectivity index (χ1) is 10.9. The third-order valence-electron chi connectivity index (χ3n) is 3.97.